The Hall–Kier alpha value is -2.98. The van der Waals surface area contributed by atoms with Gasteiger partial charge < -0.3 is 10.0 Å². The third-order valence-corrected chi connectivity index (χ3v) is 8.37. The number of carbonyl (C=O) groups is 1. The van der Waals surface area contributed by atoms with Gasteiger partial charge in [-0.25, -0.2) is 0 Å². The number of anilines is 1. The van der Waals surface area contributed by atoms with Gasteiger partial charge in [0, 0.05) is 53.0 Å². The topological polar surface area (TPSA) is 43.5 Å². The third-order valence-electron chi connectivity index (χ3n) is 8.37. The fourth-order valence-electron chi connectivity index (χ4n) is 6.39. The van der Waals surface area contributed by atoms with Gasteiger partial charge in [-0.2, -0.15) is 4.58 Å². The summed E-state index contributed by atoms with van der Waals surface area (Å²) in [5.41, 5.74) is 7.27. The highest BCUT2D eigenvalue weighted by Gasteiger charge is 2.50. The van der Waals surface area contributed by atoms with Crippen molar-refractivity contribution in [2.75, 3.05) is 18.0 Å². The van der Waals surface area contributed by atoms with Crippen LogP contribution in [-0.4, -0.2) is 40.4 Å². The summed E-state index contributed by atoms with van der Waals surface area (Å²) in [5.74, 6) is -0.472. The molecule has 2 aromatic rings. The highest BCUT2D eigenvalue weighted by Crippen LogP contribution is 2.49. The molecule has 2 aromatic carbocycles. The van der Waals surface area contributed by atoms with Crippen LogP contribution in [0.5, 0.6) is 0 Å². The first-order chi connectivity index (χ1) is 17.1. The lowest BCUT2D eigenvalue weighted by molar-refractivity contribution is -0.437. The SMILES string of the molecule is CCCN1C(=CC2C(=O)C(=CC3=[N+](CCC)c4ccccc4C3(C)C)C2O)C(C)(C)c2ccccc21. The predicted molar refractivity (Wildman–Crippen MR) is 147 cm³/mol. The highest BCUT2D eigenvalue weighted by molar-refractivity contribution is 6.14. The van der Waals surface area contributed by atoms with Crippen LogP contribution in [0.2, 0.25) is 0 Å². The minimum atomic E-state index is -0.788. The zero-order valence-electron chi connectivity index (χ0n) is 22.5. The molecule has 2 atom stereocenters. The van der Waals surface area contributed by atoms with E-state index in [2.05, 4.69) is 99.5 Å². The van der Waals surface area contributed by atoms with E-state index in [1.54, 1.807) is 0 Å². The number of aliphatic hydroxyl groups is 1. The van der Waals surface area contributed by atoms with Crippen molar-refractivity contribution >= 4 is 22.9 Å². The first-order valence-corrected chi connectivity index (χ1v) is 13.4. The van der Waals surface area contributed by atoms with E-state index in [0.29, 0.717) is 5.57 Å². The number of nitrogens with zero attached hydrogens (tertiary/aromatic N) is 2. The Morgan fingerprint density at radius 3 is 2.28 bits per heavy atom. The molecular formula is C32H39N2O2+. The maximum atomic E-state index is 13.5. The molecule has 3 aliphatic rings. The molecule has 1 saturated carbocycles. The van der Waals surface area contributed by atoms with Gasteiger partial charge in [-0.3, -0.25) is 4.79 Å². The summed E-state index contributed by atoms with van der Waals surface area (Å²) in [6, 6.07) is 17.0. The fraction of sp³-hybridized carbons (Fsp3) is 0.438. The maximum absolute atomic E-state index is 13.5. The van der Waals surface area contributed by atoms with Gasteiger partial charge in [0.05, 0.1) is 17.4 Å². The molecule has 1 N–H and O–H groups in total. The molecule has 2 unspecified atom stereocenters. The molecule has 0 amide bonds. The molecule has 188 valence electrons. The summed E-state index contributed by atoms with van der Waals surface area (Å²) in [7, 11) is 0. The predicted octanol–water partition coefficient (Wildman–Crippen LogP) is 6.05. The number of Topliss-reactive ketones (excluding diaryl/α,β-unsaturated/α-hetero) is 1. The molecule has 36 heavy (non-hydrogen) atoms. The summed E-state index contributed by atoms with van der Waals surface area (Å²) in [6.07, 6.45) is 5.25. The smallest absolute Gasteiger partial charge is 0.209 e. The Labute approximate surface area is 215 Å². The Bertz CT molecular complexity index is 1310. The van der Waals surface area contributed by atoms with Crippen molar-refractivity contribution in [3.8, 4) is 0 Å². The van der Waals surface area contributed by atoms with Crippen LogP contribution in [-0.2, 0) is 15.6 Å². The number of carbonyl (C=O) groups excluding carboxylic acids is 1. The third kappa shape index (κ3) is 3.53. The van der Waals surface area contributed by atoms with Crippen molar-refractivity contribution in [3.05, 3.63) is 83.1 Å². The van der Waals surface area contributed by atoms with Crippen molar-refractivity contribution in [1.82, 2.24) is 0 Å². The van der Waals surface area contributed by atoms with Gasteiger partial charge in [-0.05, 0) is 31.9 Å². The highest BCUT2D eigenvalue weighted by atomic mass is 16.3. The Morgan fingerprint density at radius 2 is 1.61 bits per heavy atom. The molecule has 0 spiro atoms. The lowest BCUT2D eigenvalue weighted by atomic mass is 9.71. The van der Waals surface area contributed by atoms with Gasteiger partial charge in [0.15, 0.2) is 11.5 Å². The first-order valence-electron chi connectivity index (χ1n) is 13.4. The van der Waals surface area contributed by atoms with Gasteiger partial charge in [0.25, 0.3) is 0 Å². The molecule has 0 bridgehead atoms. The second-order valence-corrected chi connectivity index (χ2v) is 11.5. The van der Waals surface area contributed by atoms with Crippen molar-refractivity contribution in [3.63, 3.8) is 0 Å². The number of allylic oxidation sites excluding steroid dienone is 2. The Balaban J connectivity index is 1.51. The van der Waals surface area contributed by atoms with Gasteiger partial charge in [0.1, 0.15) is 6.54 Å². The zero-order chi connectivity index (χ0) is 25.8. The van der Waals surface area contributed by atoms with Crippen LogP contribution in [0.3, 0.4) is 0 Å². The maximum Gasteiger partial charge on any atom is 0.209 e. The van der Waals surface area contributed by atoms with E-state index in [4.69, 9.17) is 0 Å². The number of hydrogen-bond donors (Lipinski definition) is 1. The van der Waals surface area contributed by atoms with Gasteiger partial charge in [-0.15, -0.1) is 0 Å². The van der Waals surface area contributed by atoms with Crippen LogP contribution in [0.4, 0.5) is 11.4 Å². The lowest BCUT2D eigenvalue weighted by Crippen LogP contribution is -2.46. The summed E-state index contributed by atoms with van der Waals surface area (Å²) in [6.45, 7) is 15.0. The standard InChI is InChI=1S/C32H39N2O2/c1-7-17-33-25-15-11-9-13-23(25)31(3,4)27(33)19-21-29(35)22(30(21)36)20-28-32(5,6)24-14-10-12-16-26(24)34(28)18-8-2/h9-16,19-21,29,35H,7-8,17-18H2,1-6H3/q+1. The molecule has 2 aliphatic heterocycles. The van der Waals surface area contributed by atoms with E-state index in [1.165, 1.54) is 22.5 Å². The van der Waals surface area contributed by atoms with Crippen LogP contribution in [0.15, 0.2) is 72.0 Å². The second kappa shape index (κ2) is 8.85. The second-order valence-electron chi connectivity index (χ2n) is 11.5. The number of hydrogen-bond acceptors (Lipinski definition) is 3. The minimum absolute atomic E-state index is 0.0360. The van der Waals surface area contributed by atoms with Gasteiger partial charge in [-0.1, -0.05) is 70.2 Å². The van der Waals surface area contributed by atoms with Crippen molar-refractivity contribution < 1.29 is 14.5 Å². The molecule has 5 rings (SSSR count). The molecule has 4 heteroatoms. The number of ketones is 1. The van der Waals surface area contributed by atoms with Crippen LogP contribution in [0, 0.1) is 5.92 Å². The number of para-hydroxylation sites is 2. The minimum Gasteiger partial charge on any atom is -0.387 e. The summed E-state index contributed by atoms with van der Waals surface area (Å²) in [5, 5.41) is 11.3. The van der Waals surface area contributed by atoms with Crippen molar-refractivity contribution in [2.45, 2.75) is 71.3 Å². The molecular weight excluding hydrogens is 444 g/mol. The summed E-state index contributed by atoms with van der Waals surface area (Å²) in [4.78, 5) is 15.9. The first kappa shape index (κ1) is 24.7. The summed E-state index contributed by atoms with van der Waals surface area (Å²) >= 11 is 0. The van der Waals surface area contributed by atoms with Gasteiger partial charge in [0.2, 0.25) is 5.69 Å². The van der Waals surface area contributed by atoms with Gasteiger partial charge >= 0.3 is 0 Å². The van der Waals surface area contributed by atoms with Crippen LogP contribution >= 0.6 is 0 Å². The quantitative estimate of drug-likeness (QED) is 0.402. The van der Waals surface area contributed by atoms with Crippen LogP contribution < -0.4 is 4.90 Å². The fourth-order valence-corrected chi connectivity index (χ4v) is 6.39. The largest absolute Gasteiger partial charge is 0.387 e. The normalized spacial score (nSPS) is 26.0. The average molecular weight is 484 g/mol. The van der Waals surface area contributed by atoms with E-state index >= 15 is 0 Å². The van der Waals surface area contributed by atoms with E-state index < -0.39 is 12.0 Å². The molecule has 0 saturated heterocycles. The van der Waals surface area contributed by atoms with E-state index in [-0.39, 0.29) is 16.6 Å². The number of fused-ring (bicyclic) bond motifs is 2. The Morgan fingerprint density at radius 1 is 0.944 bits per heavy atom. The molecule has 0 radical (unpaired) electrons. The van der Waals surface area contributed by atoms with Crippen molar-refractivity contribution in [1.29, 1.82) is 0 Å². The van der Waals surface area contributed by atoms with Crippen molar-refractivity contribution in [2.24, 2.45) is 5.92 Å². The zero-order valence-corrected chi connectivity index (χ0v) is 22.5. The molecule has 1 fully saturated rings. The van der Waals surface area contributed by atoms with E-state index in [1.807, 2.05) is 12.2 Å². The number of aliphatic hydroxyl groups excluding tert-OH is 1. The van der Waals surface area contributed by atoms with E-state index in [0.717, 1.165) is 37.3 Å². The Kier molecular flexibility index (Phi) is 6.07. The van der Waals surface area contributed by atoms with Crippen LogP contribution in [0.1, 0.15) is 65.5 Å². The number of benzene rings is 2. The summed E-state index contributed by atoms with van der Waals surface area (Å²) < 4.78 is 2.33. The molecule has 2 heterocycles. The van der Waals surface area contributed by atoms with Crippen LogP contribution in [0.25, 0.3) is 0 Å². The average Bonchev–Trinajstić information content (AvgIpc) is 3.20. The molecule has 1 aliphatic carbocycles. The number of rotatable bonds is 6. The lowest BCUT2D eigenvalue weighted by Gasteiger charge is -2.35. The van der Waals surface area contributed by atoms with E-state index in [9.17, 15) is 9.90 Å². The molecule has 4 nitrogen and oxygen atoms in total. The monoisotopic (exact) mass is 483 g/mol. The molecule has 0 aromatic heterocycles.